The van der Waals surface area contributed by atoms with Gasteiger partial charge in [-0.2, -0.15) is 10.2 Å². The predicted octanol–water partition coefficient (Wildman–Crippen LogP) is 1.61. The molecule has 3 heteroatoms. The van der Waals surface area contributed by atoms with Gasteiger partial charge in [0.2, 0.25) is 0 Å². The lowest BCUT2D eigenvalue weighted by atomic mass is 10.2. The molecular weight excluding hydrogens is 140 g/mol. The SMILES string of the molecule is C=C(C)N(O)N1CCCCC1. The van der Waals surface area contributed by atoms with E-state index in [9.17, 15) is 5.21 Å². The first-order valence-electron chi connectivity index (χ1n) is 4.11. The maximum absolute atomic E-state index is 9.41. The largest absolute Gasteiger partial charge is 0.273 e. The van der Waals surface area contributed by atoms with Crippen LogP contribution >= 0.6 is 0 Å². The Morgan fingerprint density at radius 1 is 1.36 bits per heavy atom. The summed E-state index contributed by atoms with van der Waals surface area (Å²) in [7, 11) is 0. The smallest absolute Gasteiger partial charge is 0.0494 e. The molecule has 3 nitrogen and oxygen atoms in total. The van der Waals surface area contributed by atoms with Gasteiger partial charge in [-0.25, -0.2) is 0 Å². The van der Waals surface area contributed by atoms with E-state index in [0.717, 1.165) is 13.1 Å². The summed E-state index contributed by atoms with van der Waals surface area (Å²) in [6.45, 7) is 7.36. The molecule has 1 rings (SSSR count). The molecule has 0 saturated carbocycles. The van der Waals surface area contributed by atoms with Crippen LogP contribution in [0.15, 0.2) is 12.3 Å². The minimum Gasteiger partial charge on any atom is -0.273 e. The number of hydrogen-bond donors (Lipinski definition) is 1. The quantitative estimate of drug-likeness (QED) is 0.615. The Hall–Kier alpha value is -0.540. The number of hydrogen-bond acceptors (Lipinski definition) is 3. The first-order chi connectivity index (χ1) is 5.22. The number of piperidine rings is 1. The highest BCUT2D eigenvalue weighted by molar-refractivity contribution is 4.82. The van der Waals surface area contributed by atoms with Crippen molar-refractivity contribution in [2.24, 2.45) is 0 Å². The number of rotatable bonds is 2. The predicted molar refractivity (Wildman–Crippen MR) is 43.9 cm³/mol. The molecule has 0 atom stereocenters. The number of hydroxylamine groups is 1. The highest BCUT2D eigenvalue weighted by atomic mass is 16.5. The molecule has 0 unspecified atom stereocenters. The fourth-order valence-electron chi connectivity index (χ4n) is 1.31. The summed E-state index contributed by atoms with van der Waals surface area (Å²) < 4.78 is 0. The van der Waals surface area contributed by atoms with E-state index < -0.39 is 0 Å². The maximum atomic E-state index is 9.41. The first-order valence-corrected chi connectivity index (χ1v) is 4.11. The zero-order valence-corrected chi connectivity index (χ0v) is 7.08. The van der Waals surface area contributed by atoms with Crippen LogP contribution in [0.4, 0.5) is 0 Å². The molecule has 0 aromatic rings. The standard InChI is InChI=1S/C8H16N2O/c1-8(2)10(11)9-6-4-3-5-7-9/h11H,1,3-7H2,2H3. The van der Waals surface area contributed by atoms with E-state index in [-0.39, 0.29) is 0 Å². The van der Waals surface area contributed by atoms with Gasteiger partial charge in [0.25, 0.3) is 0 Å². The minimum atomic E-state index is 0.687. The molecule has 1 N–H and O–H groups in total. The molecule has 1 heterocycles. The minimum absolute atomic E-state index is 0.687. The van der Waals surface area contributed by atoms with Crippen LogP contribution in [-0.2, 0) is 0 Å². The Morgan fingerprint density at radius 3 is 2.36 bits per heavy atom. The van der Waals surface area contributed by atoms with Crippen LogP contribution in [0.1, 0.15) is 26.2 Å². The van der Waals surface area contributed by atoms with Gasteiger partial charge in [-0.05, 0) is 19.8 Å². The second-order valence-corrected chi connectivity index (χ2v) is 3.04. The van der Waals surface area contributed by atoms with E-state index in [1.165, 1.54) is 24.4 Å². The molecule has 0 radical (unpaired) electrons. The second kappa shape index (κ2) is 3.74. The van der Waals surface area contributed by atoms with Crippen molar-refractivity contribution in [3.05, 3.63) is 12.3 Å². The normalized spacial score (nSPS) is 19.8. The van der Waals surface area contributed by atoms with Gasteiger partial charge < -0.3 is 0 Å². The molecule has 0 aliphatic carbocycles. The van der Waals surface area contributed by atoms with Crippen molar-refractivity contribution in [3.63, 3.8) is 0 Å². The average molecular weight is 156 g/mol. The molecule has 0 aromatic heterocycles. The third-order valence-corrected chi connectivity index (χ3v) is 1.94. The highest BCUT2D eigenvalue weighted by Gasteiger charge is 2.15. The van der Waals surface area contributed by atoms with Crippen LogP contribution in [0, 0.1) is 0 Å². The Morgan fingerprint density at radius 2 is 1.91 bits per heavy atom. The number of nitrogens with zero attached hydrogens (tertiary/aromatic N) is 2. The van der Waals surface area contributed by atoms with E-state index in [0.29, 0.717) is 5.70 Å². The van der Waals surface area contributed by atoms with Crippen molar-refractivity contribution in [3.8, 4) is 0 Å². The summed E-state index contributed by atoms with van der Waals surface area (Å²) in [5, 5.41) is 12.5. The molecule has 1 aliphatic rings. The Balaban J connectivity index is 2.38. The lowest BCUT2D eigenvalue weighted by Crippen LogP contribution is -2.42. The molecule has 1 fully saturated rings. The summed E-state index contributed by atoms with van der Waals surface area (Å²) >= 11 is 0. The molecule has 0 aromatic carbocycles. The van der Waals surface area contributed by atoms with Gasteiger partial charge in [0.05, 0.1) is 0 Å². The second-order valence-electron chi connectivity index (χ2n) is 3.04. The van der Waals surface area contributed by atoms with Crippen LogP contribution in [-0.4, -0.2) is 28.5 Å². The third-order valence-electron chi connectivity index (χ3n) is 1.94. The number of allylic oxidation sites excluding steroid dienone is 1. The van der Waals surface area contributed by atoms with Crippen molar-refractivity contribution in [2.75, 3.05) is 13.1 Å². The molecule has 0 amide bonds. The van der Waals surface area contributed by atoms with Gasteiger partial charge in [0, 0.05) is 18.8 Å². The maximum Gasteiger partial charge on any atom is 0.0494 e. The molecule has 64 valence electrons. The van der Waals surface area contributed by atoms with Crippen LogP contribution in [0.3, 0.4) is 0 Å². The highest BCUT2D eigenvalue weighted by Crippen LogP contribution is 2.12. The van der Waals surface area contributed by atoms with Crippen molar-refractivity contribution >= 4 is 0 Å². The van der Waals surface area contributed by atoms with Gasteiger partial charge in [-0.15, -0.1) is 0 Å². The zero-order valence-electron chi connectivity index (χ0n) is 7.08. The van der Waals surface area contributed by atoms with Crippen molar-refractivity contribution in [2.45, 2.75) is 26.2 Å². The van der Waals surface area contributed by atoms with Gasteiger partial charge in [-0.1, -0.05) is 13.0 Å². The zero-order chi connectivity index (χ0) is 8.27. The summed E-state index contributed by atoms with van der Waals surface area (Å²) in [6, 6.07) is 0. The average Bonchev–Trinajstić information content (AvgIpc) is 2.05. The third kappa shape index (κ3) is 2.20. The topological polar surface area (TPSA) is 26.7 Å². The van der Waals surface area contributed by atoms with Crippen LogP contribution < -0.4 is 0 Å². The van der Waals surface area contributed by atoms with Crippen LogP contribution in [0.5, 0.6) is 0 Å². The van der Waals surface area contributed by atoms with E-state index in [1.54, 1.807) is 6.92 Å². The Kier molecular flexibility index (Phi) is 2.91. The van der Waals surface area contributed by atoms with Crippen LogP contribution in [0.2, 0.25) is 0 Å². The fraction of sp³-hybridized carbons (Fsp3) is 0.750. The summed E-state index contributed by atoms with van der Waals surface area (Å²) in [5.74, 6) is 0. The Labute approximate surface area is 67.8 Å². The first kappa shape index (κ1) is 8.56. The fourth-order valence-corrected chi connectivity index (χ4v) is 1.31. The van der Waals surface area contributed by atoms with Crippen molar-refractivity contribution < 1.29 is 5.21 Å². The van der Waals surface area contributed by atoms with Crippen molar-refractivity contribution in [1.29, 1.82) is 0 Å². The van der Waals surface area contributed by atoms with E-state index in [4.69, 9.17) is 0 Å². The lowest BCUT2D eigenvalue weighted by molar-refractivity contribution is -0.222. The van der Waals surface area contributed by atoms with Crippen molar-refractivity contribution in [1.82, 2.24) is 10.2 Å². The summed E-state index contributed by atoms with van der Waals surface area (Å²) in [4.78, 5) is 0. The number of hydrazine groups is 1. The van der Waals surface area contributed by atoms with Gasteiger partial charge in [0.15, 0.2) is 0 Å². The molecule has 1 saturated heterocycles. The van der Waals surface area contributed by atoms with E-state index in [1.807, 2.05) is 5.01 Å². The van der Waals surface area contributed by atoms with Gasteiger partial charge in [0.1, 0.15) is 0 Å². The molecule has 1 aliphatic heterocycles. The monoisotopic (exact) mass is 156 g/mol. The summed E-state index contributed by atoms with van der Waals surface area (Å²) in [6.07, 6.45) is 3.62. The summed E-state index contributed by atoms with van der Waals surface area (Å²) in [5.41, 5.74) is 0.687. The lowest BCUT2D eigenvalue weighted by Gasteiger charge is -2.33. The van der Waals surface area contributed by atoms with E-state index in [2.05, 4.69) is 6.58 Å². The van der Waals surface area contributed by atoms with Gasteiger partial charge >= 0.3 is 0 Å². The molecule has 11 heavy (non-hydrogen) atoms. The molecule has 0 spiro atoms. The van der Waals surface area contributed by atoms with Crippen LogP contribution in [0.25, 0.3) is 0 Å². The Bertz CT molecular complexity index is 141. The van der Waals surface area contributed by atoms with Gasteiger partial charge in [-0.3, -0.25) is 5.21 Å². The molecule has 0 bridgehead atoms. The molecular formula is C8H16N2O. The van der Waals surface area contributed by atoms with E-state index >= 15 is 0 Å².